The van der Waals surface area contributed by atoms with Crippen LogP contribution in [0.4, 0.5) is 4.79 Å². The summed E-state index contributed by atoms with van der Waals surface area (Å²) in [6, 6.07) is 6.36. The van der Waals surface area contributed by atoms with Gasteiger partial charge in [0, 0.05) is 31.1 Å². The van der Waals surface area contributed by atoms with Crippen LogP contribution in [0, 0.1) is 5.41 Å². The van der Waals surface area contributed by atoms with Crippen LogP contribution in [0.2, 0.25) is 0 Å². The molecule has 0 spiro atoms. The number of carbonyl (C=O) groups excluding carboxylic acids is 3. The second-order valence-electron chi connectivity index (χ2n) is 8.18. The quantitative estimate of drug-likeness (QED) is 0.615. The Balaban J connectivity index is 1.81. The van der Waals surface area contributed by atoms with Crippen molar-refractivity contribution in [2.75, 3.05) is 19.7 Å². The van der Waals surface area contributed by atoms with E-state index in [1.807, 2.05) is 4.90 Å². The van der Waals surface area contributed by atoms with Gasteiger partial charge in [-0.3, -0.25) is 9.59 Å². The fourth-order valence-electron chi connectivity index (χ4n) is 3.03. The molecule has 1 aromatic rings. The molecule has 0 aromatic heterocycles. The molecule has 2 rings (SSSR count). The van der Waals surface area contributed by atoms with Gasteiger partial charge in [0.05, 0.1) is 6.61 Å². The normalized spacial score (nSPS) is 15.1. The molecule has 1 aliphatic rings. The van der Waals surface area contributed by atoms with Crippen LogP contribution in [0.1, 0.15) is 57.3 Å². The molecular formula is C21H30N2O5. The van der Waals surface area contributed by atoms with Gasteiger partial charge in [0.25, 0.3) is 5.91 Å². The number of ether oxygens (including phenoxy) is 2. The molecule has 1 aliphatic heterocycles. The molecule has 7 nitrogen and oxygen atoms in total. The molecule has 1 aromatic carbocycles. The van der Waals surface area contributed by atoms with Crippen molar-refractivity contribution in [3.05, 3.63) is 29.8 Å². The standard InChI is InChI=1S/C21H30N2O5/c1-5-27-20(26)28-17-8-6-15(7-9-17)19(25)22-16-10-12-23(13-11-16)18(24)14-21(2,3)4/h6-9,16H,5,10-14H2,1-4H3,(H,22,25). The van der Waals surface area contributed by atoms with E-state index >= 15 is 0 Å². The molecule has 0 aliphatic carbocycles. The van der Waals surface area contributed by atoms with E-state index < -0.39 is 6.16 Å². The van der Waals surface area contributed by atoms with Crippen LogP contribution in [0.25, 0.3) is 0 Å². The Bertz CT molecular complexity index is 686. The fourth-order valence-corrected chi connectivity index (χ4v) is 3.03. The summed E-state index contributed by atoms with van der Waals surface area (Å²) >= 11 is 0. The monoisotopic (exact) mass is 390 g/mol. The van der Waals surface area contributed by atoms with Crippen LogP contribution < -0.4 is 10.1 Å². The summed E-state index contributed by atoms with van der Waals surface area (Å²) in [6.45, 7) is 9.42. The van der Waals surface area contributed by atoms with E-state index in [9.17, 15) is 14.4 Å². The van der Waals surface area contributed by atoms with Crippen LogP contribution in [0.3, 0.4) is 0 Å². The van der Waals surface area contributed by atoms with Crippen LogP contribution >= 0.6 is 0 Å². The van der Waals surface area contributed by atoms with Gasteiger partial charge in [-0.05, 0) is 49.4 Å². The van der Waals surface area contributed by atoms with Crippen molar-refractivity contribution in [3.63, 3.8) is 0 Å². The van der Waals surface area contributed by atoms with E-state index in [0.717, 1.165) is 12.8 Å². The maximum atomic E-state index is 12.4. The zero-order valence-electron chi connectivity index (χ0n) is 17.1. The lowest BCUT2D eigenvalue weighted by atomic mass is 9.91. The highest BCUT2D eigenvalue weighted by Gasteiger charge is 2.26. The molecule has 1 N–H and O–H groups in total. The van der Waals surface area contributed by atoms with Gasteiger partial charge in [0.1, 0.15) is 5.75 Å². The first-order valence-electron chi connectivity index (χ1n) is 9.71. The lowest BCUT2D eigenvalue weighted by molar-refractivity contribution is -0.134. The highest BCUT2D eigenvalue weighted by atomic mass is 16.7. The van der Waals surface area contributed by atoms with Crippen molar-refractivity contribution in [3.8, 4) is 5.75 Å². The zero-order chi connectivity index (χ0) is 20.7. The molecule has 28 heavy (non-hydrogen) atoms. The Labute approximate surface area is 166 Å². The molecule has 1 saturated heterocycles. The third-order valence-electron chi connectivity index (χ3n) is 4.44. The Morgan fingerprint density at radius 2 is 1.71 bits per heavy atom. The number of rotatable bonds is 5. The Morgan fingerprint density at radius 3 is 2.25 bits per heavy atom. The smallest absolute Gasteiger partial charge is 0.434 e. The lowest BCUT2D eigenvalue weighted by Gasteiger charge is -2.34. The number of amides is 2. The van der Waals surface area contributed by atoms with Crippen LogP contribution in [0.15, 0.2) is 24.3 Å². The van der Waals surface area contributed by atoms with E-state index in [4.69, 9.17) is 9.47 Å². The van der Waals surface area contributed by atoms with E-state index in [2.05, 4.69) is 26.1 Å². The minimum absolute atomic E-state index is 0.0225. The maximum absolute atomic E-state index is 12.4. The number of piperidine rings is 1. The van der Waals surface area contributed by atoms with Crippen LogP contribution in [0.5, 0.6) is 5.75 Å². The fraction of sp³-hybridized carbons (Fsp3) is 0.571. The first-order chi connectivity index (χ1) is 13.2. The van der Waals surface area contributed by atoms with Gasteiger partial charge < -0.3 is 19.7 Å². The van der Waals surface area contributed by atoms with Gasteiger partial charge in [-0.2, -0.15) is 0 Å². The second-order valence-corrected chi connectivity index (χ2v) is 8.18. The van der Waals surface area contributed by atoms with Crippen molar-refractivity contribution in [2.24, 2.45) is 5.41 Å². The Morgan fingerprint density at radius 1 is 1.11 bits per heavy atom. The zero-order valence-corrected chi connectivity index (χ0v) is 17.1. The number of hydrogen-bond acceptors (Lipinski definition) is 5. The number of carbonyl (C=O) groups is 3. The average Bonchev–Trinajstić information content (AvgIpc) is 2.61. The first-order valence-corrected chi connectivity index (χ1v) is 9.71. The molecule has 0 unspecified atom stereocenters. The van der Waals surface area contributed by atoms with Crippen molar-refractivity contribution in [2.45, 2.75) is 53.0 Å². The molecule has 154 valence electrons. The molecule has 0 atom stereocenters. The van der Waals surface area contributed by atoms with Crippen molar-refractivity contribution < 1.29 is 23.9 Å². The third kappa shape index (κ3) is 6.87. The molecular weight excluding hydrogens is 360 g/mol. The SMILES string of the molecule is CCOC(=O)Oc1ccc(C(=O)NC2CCN(C(=O)CC(C)(C)C)CC2)cc1. The topological polar surface area (TPSA) is 84.9 Å². The van der Waals surface area contributed by atoms with Crippen molar-refractivity contribution in [1.82, 2.24) is 10.2 Å². The molecule has 2 amide bonds. The largest absolute Gasteiger partial charge is 0.513 e. The van der Waals surface area contributed by atoms with Crippen molar-refractivity contribution in [1.29, 1.82) is 0 Å². The van der Waals surface area contributed by atoms with Crippen LogP contribution in [-0.4, -0.2) is 48.6 Å². The molecule has 1 heterocycles. The number of nitrogens with zero attached hydrogens (tertiary/aromatic N) is 1. The van der Waals surface area contributed by atoms with E-state index in [0.29, 0.717) is 30.8 Å². The van der Waals surface area contributed by atoms with Crippen LogP contribution in [-0.2, 0) is 9.53 Å². The Hall–Kier alpha value is -2.57. The van der Waals surface area contributed by atoms with Gasteiger partial charge in [0.2, 0.25) is 5.91 Å². The highest BCUT2D eigenvalue weighted by molar-refractivity contribution is 5.94. The average molecular weight is 390 g/mol. The minimum Gasteiger partial charge on any atom is -0.434 e. The number of nitrogens with one attached hydrogen (secondary N) is 1. The second kappa shape index (κ2) is 9.57. The summed E-state index contributed by atoms with van der Waals surface area (Å²) in [4.78, 5) is 37.9. The van der Waals surface area contributed by atoms with Gasteiger partial charge in [0.15, 0.2) is 0 Å². The minimum atomic E-state index is -0.771. The van der Waals surface area contributed by atoms with Gasteiger partial charge in [-0.15, -0.1) is 0 Å². The molecule has 1 fully saturated rings. The van der Waals surface area contributed by atoms with Gasteiger partial charge in [-0.1, -0.05) is 20.8 Å². The summed E-state index contributed by atoms with van der Waals surface area (Å²) in [5.74, 6) is 0.317. The molecule has 0 radical (unpaired) electrons. The number of likely N-dealkylation sites (tertiary alicyclic amines) is 1. The Kier molecular flexibility index (Phi) is 7.43. The predicted molar refractivity (Wildman–Crippen MR) is 105 cm³/mol. The summed E-state index contributed by atoms with van der Waals surface area (Å²) in [5.41, 5.74) is 0.466. The number of hydrogen-bond donors (Lipinski definition) is 1. The number of benzene rings is 1. The molecule has 0 saturated carbocycles. The van der Waals surface area contributed by atoms with E-state index in [-0.39, 0.29) is 29.9 Å². The molecule has 7 heteroatoms. The first kappa shape index (κ1) is 21.7. The summed E-state index contributed by atoms with van der Waals surface area (Å²) in [5, 5.41) is 3.01. The third-order valence-corrected chi connectivity index (χ3v) is 4.44. The van der Waals surface area contributed by atoms with E-state index in [1.165, 1.54) is 0 Å². The predicted octanol–water partition coefficient (Wildman–Crippen LogP) is 3.38. The summed E-state index contributed by atoms with van der Waals surface area (Å²) in [7, 11) is 0. The highest BCUT2D eigenvalue weighted by Crippen LogP contribution is 2.22. The van der Waals surface area contributed by atoms with Gasteiger partial charge in [-0.25, -0.2) is 4.79 Å². The molecule has 0 bridgehead atoms. The van der Waals surface area contributed by atoms with E-state index in [1.54, 1.807) is 31.2 Å². The van der Waals surface area contributed by atoms with Crippen molar-refractivity contribution >= 4 is 18.0 Å². The summed E-state index contributed by atoms with van der Waals surface area (Å²) < 4.78 is 9.69. The lowest BCUT2D eigenvalue weighted by Crippen LogP contribution is -2.47. The summed E-state index contributed by atoms with van der Waals surface area (Å²) in [6.07, 6.45) is 1.24. The van der Waals surface area contributed by atoms with Gasteiger partial charge >= 0.3 is 6.16 Å². The maximum Gasteiger partial charge on any atom is 0.513 e.